The molecule has 4 rings (SSSR count). The van der Waals surface area contributed by atoms with Crippen molar-refractivity contribution in [3.05, 3.63) is 42.1 Å². The van der Waals surface area contributed by atoms with Gasteiger partial charge < -0.3 is 5.32 Å². The predicted molar refractivity (Wildman–Crippen MR) is 120 cm³/mol. The zero-order valence-electron chi connectivity index (χ0n) is 17.6. The van der Waals surface area contributed by atoms with Gasteiger partial charge in [0.15, 0.2) is 0 Å². The largest absolute Gasteiger partial charge is 0.311 e. The molecule has 1 aliphatic heterocycles. The summed E-state index contributed by atoms with van der Waals surface area (Å²) in [4.78, 5) is 17.0. The SMILES string of the molecule is O=C(CCCCCN=C1NS(=O)(=O)c2ccccc21)Nc1ccnn1C1CCCCC1. The van der Waals surface area contributed by atoms with Crippen LogP contribution in [0.4, 0.5) is 5.82 Å². The number of rotatable bonds is 8. The van der Waals surface area contributed by atoms with Crippen molar-refractivity contribution in [1.82, 2.24) is 14.5 Å². The van der Waals surface area contributed by atoms with Gasteiger partial charge in [0.1, 0.15) is 11.7 Å². The lowest BCUT2D eigenvalue weighted by Crippen LogP contribution is -2.22. The zero-order chi connectivity index (χ0) is 21.7. The number of amides is 1. The standard InChI is InChI=1S/C22H29N5O3S/c28-21(25-20-14-16-24-27(20)17-9-3-1-4-10-17)13-5-2-8-15-23-22-18-11-6-7-12-19(18)31(29,30)26-22/h6-7,11-12,14,16-17H,1-5,8-10,13,15H2,(H,23,26)(H,25,28). The molecule has 1 saturated carbocycles. The summed E-state index contributed by atoms with van der Waals surface area (Å²) in [6.07, 6.45) is 10.5. The average molecular weight is 444 g/mol. The number of sulfonamides is 1. The lowest BCUT2D eigenvalue weighted by atomic mass is 9.96. The second kappa shape index (κ2) is 9.64. The van der Waals surface area contributed by atoms with Crippen LogP contribution in [-0.4, -0.2) is 36.5 Å². The molecule has 2 aliphatic rings. The Kier molecular flexibility index (Phi) is 6.70. The molecule has 8 nitrogen and oxygen atoms in total. The van der Waals surface area contributed by atoms with Crippen molar-refractivity contribution in [2.45, 2.75) is 68.7 Å². The molecular weight excluding hydrogens is 414 g/mol. The third-order valence-electron chi connectivity index (χ3n) is 5.85. The van der Waals surface area contributed by atoms with Crippen LogP contribution in [0.1, 0.15) is 69.4 Å². The van der Waals surface area contributed by atoms with Gasteiger partial charge >= 0.3 is 0 Å². The van der Waals surface area contributed by atoms with E-state index < -0.39 is 10.0 Å². The maximum atomic E-state index is 12.3. The Morgan fingerprint density at radius 2 is 1.94 bits per heavy atom. The molecule has 2 aromatic rings. The predicted octanol–water partition coefficient (Wildman–Crippen LogP) is 3.63. The molecule has 0 unspecified atom stereocenters. The fraction of sp³-hybridized carbons (Fsp3) is 0.500. The van der Waals surface area contributed by atoms with E-state index in [9.17, 15) is 13.2 Å². The maximum absolute atomic E-state index is 12.3. The van der Waals surface area contributed by atoms with E-state index >= 15 is 0 Å². The Labute approximate surface area is 183 Å². The van der Waals surface area contributed by atoms with Gasteiger partial charge in [-0.15, -0.1) is 0 Å². The Hall–Kier alpha value is -2.68. The molecule has 0 spiro atoms. The number of benzene rings is 1. The number of fused-ring (bicyclic) bond motifs is 1. The highest BCUT2D eigenvalue weighted by Gasteiger charge is 2.29. The molecule has 1 fully saturated rings. The van der Waals surface area contributed by atoms with Gasteiger partial charge in [0, 0.05) is 24.6 Å². The Balaban J connectivity index is 1.20. The number of aromatic nitrogens is 2. The molecule has 2 N–H and O–H groups in total. The second-order valence-corrected chi connectivity index (χ2v) is 9.79. The van der Waals surface area contributed by atoms with Crippen LogP contribution >= 0.6 is 0 Å². The van der Waals surface area contributed by atoms with Gasteiger partial charge in [0.2, 0.25) is 5.91 Å². The molecule has 0 atom stereocenters. The molecule has 0 saturated heterocycles. The number of nitrogens with one attached hydrogen (secondary N) is 2. The number of anilines is 1. The van der Waals surface area contributed by atoms with Crippen molar-refractivity contribution in [3.63, 3.8) is 0 Å². The molecule has 1 aliphatic carbocycles. The second-order valence-electron chi connectivity index (χ2n) is 8.14. The summed E-state index contributed by atoms with van der Waals surface area (Å²) in [5.74, 6) is 1.20. The Morgan fingerprint density at radius 1 is 1.13 bits per heavy atom. The highest BCUT2D eigenvalue weighted by atomic mass is 32.2. The van der Waals surface area contributed by atoms with Crippen molar-refractivity contribution in [1.29, 1.82) is 0 Å². The van der Waals surface area contributed by atoms with Gasteiger partial charge in [-0.2, -0.15) is 5.10 Å². The summed E-state index contributed by atoms with van der Waals surface area (Å²) in [6.45, 7) is 0.516. The fourth-order valence-electron chi connectivity index (χ4n) is 4.25. The first kappa shape index (κ1) is 21.5. The van der Waals surface area contributed by atoms with Gasteiger partial charge in [-0.3, -0.25) is 14.5 Å². The third kappa shape index (κ3) is 5.15. The van der Waals surface area contributed by atoms with E-state index in [4.69, 9.17) is 0 Å². The van der Waals surface area contributed by atoms with E-state index in [1.54, 1.807) is 30.5 Å². The molecule has 0 bridgehead atoms. The smallest absolute Gasteiger partial charge is 0.263 e. The molecule has 1 aromatic heterocycles. The number of nitrogens with zero attached hydrogens (tertiary/aromatic N) is 3. The van der Waals surface area contributed by atoms with Crippen LogP contribution in [0.25, 0.3) is 0 Å². The van der Waals surface area contributed by atoms with E-state index in [1.165, 1.54) is 19.3 Å². The number of aliphatic imine (C=N–C) groups is 1. The number of carbonyl (C=O) groups is 1. The molecule has 0 radical (unpaired) electrons. The summed E-state index contributed by atoms with van der Waals surface area (Å²) < 4.78 is 28.7. The average Bonchev–Trinajstić information content (AvgIpc) is 3.33. The number of carbonyl (C=O) groups excluding carboxylic acids is 1. The van der Waals surface area contributed by atoms with E-state index in [-0.39, 0.29) is 10.8 Å². The summed E-state index contributed by atoms with van der Waals surface area (Å²) in [7, 11) is -3.49. The molecule has 166 valence electrons. The van der Waals surface area contributed by atoms with Crippen LogP contribution < -0.4 is 10.0 Å². The number of amidine groups is 1. The quantitative estimate of drug-likeness (QED) is 0.608. The van der Waals surface area contributed by atoms with Crippen LogP contribution in [0, 0.1) is 0 Å². The van der Waals surface area contributed by atoms with Crippen LogP contribution in [0.2, 0.25) is 0 Å². The van der Waals surface area contributed by atoms with Gasteiger partial charge in [-0.05, 0) is 37.8 Å². The first-order valence-electron chi connectivity index (χ1n) is 11.0. The molecule has 1 aromatic carbocycles. The number of unbranched alkanes of at least 4 members (excludes halogenated alkanes) is 2. The summed E-state index contributed by atoms with van der Waals surface area (Å²) in [6, 6.07) is 9.09. The van der Waals surface area contributed by atoms with Crippen molar-refractivity contribution in [3.8, 4) is 0 Å². The minimum absolute atomic E-state index is 0.00125. The summed E-state index contributed by atoms with van der Waals surface area (Å²) in [5.41, 5.74) is 0.622. The number of hydrogen-bond acceptors (Lipinski definition) is 5. The van der Waals surface area contributed by atoms with Crippen molar-refractivity contribution >= 4 is 27.6 Å². The normalized spacial score (nSPS) is 19.2. The Bertz CT molecular complexity index is 1050. The topological polar surface area (TPSA) is 105 Å². The van der Waals surface area contributed by atoms with Crippen LogP contribution in [-0.2, 0) is 14.8 Å². The lowest BCUT2D eigenvalue weighted by molar-refractivity contribution is -0.116. The van der Waals surface area contributed by atoms with E-state index in [0.29, 0.717) is 30.4 Å². The highest BCUT2D eigenvalue weighted by molar-refractivity contribution is 7.90. The van der Waals surface area contributed by atoms with Gasteiger partial charge in [0.25, 0.3) is 10.0 Å². The minimum atomic E-state index is -3.49. The minimum Gasteiger partial charge on any atom is -0.311 e. The van der Waals surface area contributed by atoms with Crippen LogP contribution in [0.3, 0.4) is 0 Å². The maximum Gasteiger partial charge on any atom is 0.263 e. The molecule has 31 heavy (non-hydrogen) atoms. The molecule has 9 heteroatoms. The van der Waals surface area contributed by atoms with Crippen molar-refractivity contribution in [2.24, 2.45) is 4.99 Å². The summed E-state index contributed by atoms with van der Waals surface area (Å²) in [5, 5.41) is 7.42. The Morgan fingerprint density at radius 3 is 2.77 bits per heavy atom. The van der Waals surface area contributed by atoms with Gasteiger partial charge in [0.05, 0.1) is 17.1 Å². The van der Waals surface area contributed by atoms with Crippen LogP contribution in [0.15, 0.2) is 46.4 Å². The van der Waals surface area contributed by atoms with E-state index in [2.05, 4.69) is 20.1 Å². The first-order valence-corrected chi connectivity index (χ1v) is 12.5. The zero-order valence-corrected chi connectivity index (χ0v) is 18.4. The van der Waals surface area contributed by atoms with E-state index in [1.807, 2.05) is 10.7 Å². The van der Waals surface area contributed by atoms with Gasteiger partial charge in [-0.1, -0.05) is 37.8 Å². The molecular formula is C22H29N5O3S. The van der Waals surface area contributed by atoms with Crippen LogP contribution in [0.5, 0.6) is 0 Å². The monoisotopic (exact) mass is 443 g/mol. The molecule has 2 heterocycles. The van der Waals surface area contributed by atoms with E-state index in [0.717, 1.165) is 37.9 Å². The number of hydrogen-bond donors (Lipinski definition) is 2. The fourth-order valence-corrected chi connectivity index (χ4v) is 5.50. The van der Waals surface area contributed by atoms with Crippen molar-refractivity contribution in [2.75, 3.05) is 11.9 Å². The van der Waals surface area contributed by atoms with Crippen molar-refractivity contribution < 1.29 is 13.2 Å². The third-order valence-corrected chi connectivity index (χ3v) is 7.25. The summed E-state index contributed by atoms with van der Waals surface area (Å²) >= 11 is 0. The first-order chi connectivity index (χ1) is 15.0. The van der Waals surface area contributed by atoms with Gasteiger partial charge in [-0.25, -0.2) is 13.1 Å². The molecule has 1 amide bonds. The highest BCUT2D eigenvalue weighted by Crippen LogP contribution is 2.30. The lowest BCUT2D eigenvalue weighted by Gasteiger charge is -2.23.